The summed E-state index contributed by atoms with van der Waals surface area (Å²) in [4.78, 5) is 3.75. The molecular formula is C6H11N3O. The molecule has 1 atom stereocenters. The third-order valence-corrected chi connectivity index (χ3v) is 1.34. The van der Waals surface area contributed by atoms with Crippen LogP contribution in [0, 0.1) is 0 Å². The van der Waals surface area contributed by atoms with Crippen molar-refractivity contribution in [1.29, 1.82) is 0 Å². The first-order valence-electron chi connectivity index (χ1n) is 3.33. The summed E-state index contributed by atoms with van der Waals surface area (Å²) in [5.74, 6) is 0. The Bertz CT molecular complexity index is 173. The Balaban J connectivity index is 2.40. The molecule has 1 heterocycles. The van der Waals surface area contributed by atoms with Crippen LogP contribution in [-0.2, 0) is 6.54 Å². The van der Waals surface area contributed by atoms with Gasteiger partial charge in [-0.05, 0) is 6.42 Å². The fourth-order valence-corrected chi connectivity index (χ4v) is 0.672. The lowest BCUT2D eigenvalue weighted by Gasteiger charge is -2.05. The molecule has 0 saturated heterocycles. The van der Waals surface area contributed by atoms with Gasteiger partial charge in [-0.1, -0.05) is 6.92 Å². The van der Waals surface area contributed by atoms with Crippen molar-refractivity contribution in [3.63, 3.8) is 0 Å². The van der Waals surface area contributed by atoms with Crippen LogP contribution >= 0.6 is 0 Å². The molecule has 56 valence electrons. The van der Waals surface area contributed by atoms with E-state index in [1.807, 2.05) is 6.92 Å². The van der Waals surface area contributed by atoms with E-state index < -0.39 is 0 Å². The van der Waals surface area contributed by atoms with Crippen molar-refractivity contribution in [1.82, 2.24) is 14.8 Å². The van der Waals surface area contributed by atoms with Crippen molar-refractivity contribution in [2.45, 2.75) is 26.0 Å². The minimum atomic E-state index is -0.304. The van der Waals surface area contributed by atoms with Crippen LogP contribution in [0.3, 0.4) is 0 Å². The second-order valence-corrected chi connectivity index (χ2v) is 2.18. The van der Waals surface area contributed by atoms with E-state index in [-0.39, 0.29) is 6.10 Å². The van der Waals surface area contributed by atoms with Gasteiger partial charge in [0.15, 0.2) is 0 Å². The highest BCUT2D eigenvalue weighted by Crippen LogP contribution is 1.92. The van der Waals surface area contributed by atoms with Gasteiger partial charge in [-0.2, -0.15) is 5.10 Å². The van der Waals surface area contributed by atoms with Gasteiger partial charge in [-0.3, -0.25) is 4.68 Å². The summed E-state index contributed by atoms with van der Waals surface area (Å²) in [6.45, 7) is 2.47. The van der Waals surface area contributed by atoms with Crippen molar-refractivity contribution in [3.05, 3.63) is 12.7 Å². The molecule has 0 saturated carbocycles. The molecule has 1 N–H and O–H groups in total. The second kappa shape index (κ2) is 3.31. The van der Waals surface area contributed by atoms with Gasteiger partial charge in [0.1, 0.15) is 12.7 Å². The van der Waals surface area contributed by atoms with Crippen LogP contribution in [0.25, 0.3) is 0 Å². The molecule has 10 heavy (non-hydrogen) atoms. The van der Waals surface area contributed by atoms with Gasteiger partial charge in [0.25, 0.3) is 0 Å². The molecule has 0 aromatic carbocycles. The van der Waals surface area contributed by atoms with E-state index in [2.05, 4.69) is 10.1 Å². The number of aliphatic hydroxyl groups excluding tert-OH is 1. The largest absolute Gasteiger partial charge is 0.391 e. The van der Waals surface area contributed by atoms with E-state index in [4.69, 9.17) is 5.11 Å². The smallest absolute Gasteiger partial charge is 0.137 e. The molecule has 0 spiro atoms. The Hall–Kier alpha value is -0.900. The summed E-state index contributed by atoms with van der Waals surface area (Å²) in [5.41, 5.74) is 0. The van der Waals surface area contributed by atoms with Crippen LogP contribution in [0.15, 0.2) is 12.7 Å². The Morgan fingerprint density at radius 2 is 2.50 bits per heavy atom. The standard InChI is InChI=1S/C6H11N3O/c1-2-6(10)3-9-5-7-4-8-9/h4-6,10H,2-3H2,1H3. The summed E-state index contributed by atoms with van der Waals surface area (Å²) < 4.78 is 1.62. The van der Waals surface area contributed by atoms with Gasteiger partial charge >= 0.3 is 0 Å². The number of aliphatic hydroxyl groups is 1. The average molecular weight is 141 g/mol. The van der Waals surface area contributed by atoms with Crippen molar-refractivity contribution in [3.8, 4) is 0 Å². The number of hydrogen-bond acceptors (Lipinski definition) is 3. The minimum absolute atomic E-state index is 0.304. The molecule has 0 radical (unpaired) electrons. The van der Waals surface area contributed by atoms with Gasteiger partial charge in [-0.15, -0.1) is 0 Å². The molecule has 0 aliphatic rings. The van der Waals surface area contributed by atoms with E-state index >= 15 is 0 Å². The minimum Gasteiger partial charge on any atom is -0.391 e. The fourth-order valence-electron chi connectivity index (χ4n) is 0.672. The first-order chi connectivity index (χ1) is 4.83. The molecular weight excluding hydrogens is 130 g/mol. The van der Waals surface area contributed by atoms with Crippen LogP contribution in [0.5, 0.6) is 0 Å². The Morgan fingerprint density at radius 3 is 3.00 bits per heavy atom. The zero-order valence-electron chi connectivity index (χ0n) is 5.94. The van der Waals surface area contributed by atoms with Gasteiger partial charge in [0.05, 0.1) is 12.6 Å². The van der Waals surface area contributed by atoms with Crippen molar-refractivity contribution < 1.29 is 5.11 Å². The molecule has 0 amide bonds. The SMILES string of the molecule is CCC(O)Cn1cncn1. The topological polar surface area (TPSA) is 50.9 Å². The van der Waals surface area contributed by atoms with Crippen LogP contribution in [0.2, 0.25) is 0 Å². The summed E-state index contributed by atoms with van der Waals surface area (Å²) in [6, 6.07) is 0. The molecule has 1 unspecified atom stereocenters. The van der Waals surface area contributed by atoms with Crippen molar-refractivity contribution in [2.24, 2.45) is 0 Å². The first-order valence-corrected chi connectivity index (χ1v) is 3.33. The number of nitrogens with zero attached hydrogens (tertiary/aromatic N) is 3. The molecule has 0 fully saturated rings. The lowest BCUT2D eigenvalue weighted by molar-refractivity contribution is 0.145. The van der Waals surface area contributed by atoms with Crippen LogP contribution < -0.4 is 0 Å². The van der Waals surface area contributed by atoms with Gasteiger partial charge in [0, 0.05) is 0 Å². The molecule has 4 heteroatoms. The van der Waals surface area contributed by atoms with E-state index in [1.54, 1.807) is 11.0 Å². The molecule has 4 nitrogen and oxygen atoms in total. The molecule has 0 bridgehead atoms. The molecule has 1 aromatic rings. The lowest BCUT2D eigenvalue weighted by atomic mass is 10.3. The van der Waals surface area contributed by atoms with E-state index in [0.29, 0.717) is 6.54 Å². The van der Waals surface area contributed by atoms with Gasteiger partial charge in [-0.25, -0.2) is 4.98 Å². The van der Waals surface area contributed by atoms with Crippen molar-refractivity contribution in [2.75, 3.05) is 0 Å². The van der Waals surface area contributed by atoms with Crippen LogP contribution in [0.1, 0.15) is 13.3 Å². The molecule has 0 aliphatic carbocycles. The van der Waals surface area contributed by atoms with Crippen LogP contribution in [0.4, 0.5) is 0 Å². The zero-order valence-corrected chi connectivity index (χ0v) is 5.94. The van der Waals surface area contributed by atoms with Crippen molar-refractivity contribution >= 4 is 0 Å². The van der Waals surface area contributed by atoms with Crippen LogP contribution in [-0.4, -0.2) is 26.0 Å². The molecule has 1 rings (SSSR count). The highest BCUT2D eigenvalue weighted by Gasteiger charge is 2.00. The highest BCUT2D eigenvalue weighted by molar-refractivity contribution is 4.59. The Kier molecular flexibility index (Phi) is 2.39. The maximum Gasteiger partial charge on any atom is 0.137 e. The summed E-state index contributed by atoms with van der Waals surface area (Å²) in [7, 11) is 0. The van der Waals surface area contributed by atoms with E-state index in [9.17, 15) is 0 Å². The maximum atomic E-state index is 9.14. The summed E-state index contributed by atoms with van der Waals surface area (Å²) >= 11 is 0. The van der Waals surface area contributed by atoms with E-state index in [1.165, 1.54) is 6.33 Å². The van der Waals surface area contributed by atoms with E-state index in [0.717, 1.165) is 6.42 Å². The summed E-state index contributed by atoms with van der Waals surface area (Å²) in [6.07, 6.45) is 3.50. The predicted octanol–water partition coefficient (Wildman–Crippen LogP) is 0.0490. The normalized spacial score (nSPS) is 13.4. The second-order valence-electron chi connectivity index (χ2n) is 2.18. The average Bonchev–Trinajstić information content (AvgIpc) is 2.40. The number of rotatable bonds is 3. The summed E-state index contributed by atoms with van der Waals surface area (Å²) in [5, 5.41) is 13.0. The predicted molar refractivity (Wildman–Crippen MR) is 36.3 cm³/mol. The maximum absolute atomic E-state index is 9.14. The third-order valence-electron chi connectivity index (χ3n) is 1.34. The zero-order chi connectivity index (χ0) is 7.40. The molecule has 1 aromatic heterocycles. The quantitative estimate of drug-likeness (QED) is 0.647. The molecule has 0 aliphatic heterocycles. The lowest BCUT2D eigenvalue weighted by Crippen LogP contribution is -2.14. The fraction of sp³-hybridized carbons (Fsp3) is 0.667. The first kappa shape index (κ1) is 7.21. The number of aromatic nitrogens is 3. The third kappa shape index (κ3) is 1.80. The van der Waals surface area contributed by atoms with Gasteiger partial charge < -0.3 is 5.11 Å². The Morgan fingerprint density at radius 1 is 1.70 bits per heavy atom. The highest BCUT2D eigenvalue weighted by atomic mass is 16.3. The monoisotopic (exact) mass is 141 g/mol. The Labute approximate surface area is 59.5 Å². The number of hydrogen-bond donors (Lipinski definition) is 1. The van der Waals surface area contributed by atoms with Gasteiger partial charge in [0.2, 0.25) is 0 Å².